The standard InChI is InChI=1S/C15H20N4O2/c20-14(11-18-6-8-21-9-7-18)12-19-5-4-17-15(19)13-2-1-3-16-10-13/h1-5,10,14,20H,6-9,11-12H2. The molecule has 1 aliphatic heterocycles. The zero-order valence-corrected chi connectivity index (χ0v) is 11.9. The van der Waals surface area contributed by atoms with Crippen molar-refractivity contribution in [1.29, 1.82) is 0 Å². The molecule has 1 atom stereocenters. The molecule has 1 saturated heterocycles. The van der Waals surface area contributed by atoms with Crippen LogP contribution in [0.4, 0.5) is 0 Å². The highest BCUT2D eigenvalue weighted by Gasteiger charge is 2.16. The van der Waals surface area contributed by atoms with Gasteiger partial charge in [0.15, 0.2) is 0 Å². The first-order valence-corrected chi connectivity index (χ1v) is 7.22. The summed E-state index contributed by atoms with van der Waals surface area (Å²) in [6.45, 7) is 4.46. The predicted molar refractivity (Wildman–Crippen MR) is 78.7 cm³/mol. The summed E-state index contributed by atoms with van der Waals surface area (Å²) in [4.78, 5) is 10.7. The molecule has 1 fully saturated rings. The van der Waals surface area contributed by atoms with E-state index in [0.717, 1.165) is 37.7 Å². The van der Waals surface area contributed by atoms with Crippen LogP contribution in [0.15, 0.2) is 36.9 Å². The fraction of sp³-hybridized carbons (Fsp3) is 0.467. The van der Waals surface area contributed by atoms with E-state index in [1.807, 2.05) is 22.9 Å². The first-order chi connectivity index (χ1) is 10.3. The van der Waals surface area contributed by atoms with Crippen LogP contribution in [0.3, 0.4) is 0 Å². The zero-order chi connectivity index (χ0) is 14.5. The highest BCUT2D eigenvalue weighted by Crippen LogP contribution is 2.16. The lowest BCUT2D eigenvalue weighted by Crippen LogP contribution is -2.42. The molecule has 3 rings (SSSR count). The Morgan fingerprint density at radius 3 is 2.86 bits per heavy atom. The van der Waals surface area contributed by atoms with E-state index < -0.39 is 6.10 Å². The van der Waals surface area contributed by atoms with Crippen molar-refractivity contribution in [1.82, 2.24) is 19.4 Å². The molecule has 112 valence electrons. The van der Waals surface area contributed by atoms with E-state index in [4.69, 9.17) is 4.74 Å². The second kappa shape index (κ2) is 6.80. The molecule has 0 bridgehead atoms. The summed E-state index contributed by atoms with van der Waals surface area (Å²) < 4.78 is 7.29. The molecule has 0 radical (unpaired) electrons. The van der Waals surface area contributed by atoms with Gasteiger partial charge in [-0.3, -0.25) is 9.88 Å². The summed E-state index contributed by atoms with van der Waals surface area (Å²) in [7, 11) is 0. The minimum atomic E-state index is -0.423. The molecule has 2 aromatic rings. The van der Waals surface area contributed by atoms with Crippen LogP contribution in [-0.4, -0.2) is 63.5 Å². The minimum Gasteiger partial charge on any atom is -0.390 e. The number of aliphatic hydroxyl groups is 1. The van der Waals surface area contributed by atoms with Crippen molar-refractivity contribution < 1.29 is 9.84 Å². The maximum atomic E-state index is 10.3. The molecule has 0 amide bonds. The lowest BCUT2D eigenvalue weighted by molar-refractivity contribution is 0.0116. The van der Waals surface area contributed by atoms with Gasteiger partial charge < -0.3 is 14.4 Å². The van der Waals surface area contributed by atoms with Crippen molar-refractivity contribution in [2.24, 2.45) is 0 Å². The molecule has 0 aromatic carbocycles. The zero-order valence-electron chi connectivity index (χ0n) is 11.9. The lowest BCUT2D eigenvalue weighted by atomic mass is 10.2. The normalized spacial score (nSPS) is 17.8. The van der Waals surface area contributed by atoms with Crippen molar-refractivity contribution >= 4 is 0 Å². The third-order valence-electron chi connectivity index (χ3n) is 3.62. The largest absolute Gasteiger partial charge is 0.390 e. The quantitative estimate of drug-likeness (QED) is 0.874. The Balaban J connectivity index is 1.64. The van der Waals surface area contributed by atoms with Gasteiger partial charge in [0.2, 0.25) is 0 Å². The first-order valence-electron chi connectivity index (χ1n) is 7.22. The Morgan fingerprint density at radius 1 is 1.24 bits per heavy atom. The number of nitrogens with zero attached hydrogens (tertiary/aromatic N) is 4. The van der Waals surface area contributed by atoms with Crippen molar-refractivity contribution in [3.8, 4) is 11.4 Å². The second-order valence-corrected chi connectivity index (χ2v) is 5.21. The molecule has 1 unspecified atom stereocenters. The summed E-state index contributed by atoms with van der Waals surface area (Å²) in [6, 6.07) is 3.86. The third kappa shape index (κ3) is 3.66. The fourth-order valence-electron chi connectivity index (χ4n) is 2.58. The molecule has 0 aliphatic carbocycles. The number of β-amino-alcohol motifs (C(OH)–C–C–N with tert-alkyl or cyclic N) is 1. The molecule has 6 heteroatoms. The van der Waals surface area contributed by atoms with Crippen LogP contribution < -0.4 is 0 Å². The third-order valence-corrected chi connectivity index (χ3v) is 3.62. The van der Waals surface area contributed by atoms with E-state index in [2.05, 4.69) is 14.9 Å². The Hall–Kier alpha value is -1.76. The summed E-state index contributed by atoms with van der Waals surface area (Å²) in [5, 5.41) is 10.3. The Labute approximate surface area is 124 Å². The minimum absolute atomic E-state index is 0.423. The van der Waals surface area contributed by atoms with Gasteiger partial charge in [-0.1, -0.05) is 0 Å². The summed E-state index contributed by atoms with van der Waals surface area (Å²) >= 11 is 0. The van der Waals surface area contributed by atoms with Crippen LogP contribution >= 0.6 is 0 Å². The fourth-order valence-corrected chi connectivity index (χ4v) is 2.58. The second-order valence-electron chi connectivity index (χ2n) is 5.21. The lowest BCUT2D eigenvalue weighted by Gasteiger charge is -2.28. The Kier molecular flexibility index (Phi) is 4.59. The van der Waals surface area contributed by atoms with Gasteiger partial charge in [-0.25, -0.2) is 4.98 Å². The number of rotatable bonds is 5. The average molecular weight is 288 g/mol. The SMILES string of the molecule is OC(CN1CCOCC1)Cn1ccnc1-c1cccnc1. The molecular formula is C15H20N4O2. The number of hydrogen-bond acceptors (Lipinski definition) is 5. The van der Waals surface area contributed by atoms with E-state index in [-0.39, 0.29) is 0 Å². The van der Waals surface area contributed by atoms with Crippen molar-refractivity contribution in [3.63, 3.8) is 0 Å². The molecule has 0 spiro atoms. The van der Waals surface area contributed by atoms with E-state index in [1.165, 1.54) is 0 Å². The van der Waals surface area contributed by atoms with Crippen LogP contribution in [0.25, 0.3) is 11.4 Å². The van der Waals surface area contributed by atoms with Crippen LogP contribution in [0.2, 0.25) is 0 Å². The number of ether oxygens (including phenoxy) is 1. The van der Waals surface area contributed by atoms with Crippen LogP contribution in [0, 0.1) is 0 Å². The van der Waals surface area contributed by atoms with Gasteiger partial charge in [-0.2, -0.15) is 0 Å². The molecule has 3 heterocycles. The summed E-state index contributed by atoms with van der Waals surface area (Å²) in [5.41, 5.74) is 0.959. The van der Waals surface area contributed by atoms with E-state index in [0.29, 0.717) is 13.1 Å². The van der Waals surface area contributed by atoms with Crippen LogP contribution in [-0.2, 0) is 11.3 Å². The number of aliphatic hydroxyl groups excluding tert-OH is 1. The Bertz CT molecular complexity index is 552. The highest BCUT2D eigenvalue weighted by atomic mass is 16.5. The average Bonchev–Trinajstić information content (AvgIpc) is 2.97. The van der Waals surface area contributed by atoms with Gasteiger partial charge in [-0.05, 0) is 12.1 Å². The van der Waals surface area contributed by atoms with Crippen LogP contribution in [0.5, 0.6) is 0 Å². The van der Waals surface area contributed by atoms with Gasteiger partial charge in [0.25, 0.3) is 0 Å². The summed E-state index contributed by atoms with van der Waals surface area (Å²) in [5.74, 6) is 0.837. The topological polar surface area (TPSA) is 63.4 Å². The maximum Gasteiger partial charge on any atom is 0.141 e. The van der Waals surface area contributed by atoms with E-state index >= 15 is 0 Å². The van der Waals surface area contributed by atoms with Gasteiger partial charge in [-0.15, -0.1) is 0 Å². The predicted octanol–water partition coefficient (Wildman–Crippen LogP) is 0.638. The monoisotopic (exact) mass is 288 g/mol. The van der Waals surface area contributed by atoms with E-state index in [9.17, 15) is 5.11 Å². The smallest absolute Gasteiger partial charge is 0.141 e. The van der Waals surface area contributed by atoms with Gasteiger partial charge in [0.1, 0.15) is 5.82 Å². The van der Waals surface area contributed by atoms with Crippen molar-refractivity contribution in [2.75, 3.05) is 32.8 Å². The molecule has 1 N–H and O–H groups in total. The highest BCUT2D eigenvalue weighted by molar-refractivity contribution is 5.53. The molecule has 1 aliphatic rings. The van der Waals surface area contributed by atoms with Gasteiger partial charge >= 0.3 is 0 Å². The first kappa shape index (κ1) is 14.2. The number of hydrogen-bond donors (Lipinski definition) is 1. The number of morpholine rings is 1. The molecule has 0 saturated carbocycles. The van der Waals surface area contributed by atoms with Crippen molar-refractivity contribution in [3.05, 3.63) is 36.9 Å². The number of aromatic nitrogens is 3. The molecule has 21 heavy (non-hydrogen) atoms. The molecular weight excluding hydrogens is 268 g/mol. The van der Waals surface area contributed by atoms with E-state index in [1.54, 1.807) is 18.6 Å². The van der Waals surface area contributed by atoms with Gasteiger partial charge in [0.05, 0.1) is 25.9 Å². The number of pyridine rings is 1. The summed E-state index contributed by atoms with van der Waals surface area (Å²) in [6.07, 6.45) is 6.75. The molecule has 6 nitrogen and oxygen atoms in total. The molecule has 2 aromatic heterocycles. The Morgan fingerprint density at radius 2 is 2.10 bits per heavy atom. The van der Waals surface area contributed by atoms with Gasteiger partial charge in [0, 0.05) is 50.0 Å². The van der Waals surface area contributed by atoms with Crippen molar-refractivity contribution in [2.45, 2.75) is 12.6 Å². The van der Waals surface area contributed by atoms with Crippen LogP contribution in [0.1, 0.15) is 0 Å². The maximum absolute atomic E-state index is 10.3. The number of imidazole rings is 1.